The average Bonchev–Trinajstić information content (AvgIpc) is 2.83. The molecule has 3 rings (SSSR count). The molecule has 11 nitrogen and oxygen atoms in total. The van der Waals surface area contributed by atoms with Crippen molar-refractivity contribution >= 4 is 38.5 Å². The number of benzene rings is 2. The van der Waals surface area contributed by atoms with Gasteiger partial charge in [0.1, 0.15) is 17.5 Å². The maximum atomic E-state index is 13.1. The van der Waals surface area contributed by atoms with E-state index in [0.717, 1.165) is 8.87 Å². The van der Waals surface area contributed by atoms with Crippen LogP contribution in [0.4, 0.5) is 0 Å². The molecule has 0 radical (unpaired) electrons. The van der Waals surface area contributed by atoms with Crippen molar-refractivity contribution in [3.05, 3.63) is 85.2 Å². The van der Waals surface area contributed by atoms with Gasteiger partial charge in [0.2, 0.25) is 10.0 Å². The van der Waals surface area contributed by atoms with Crippen molar-refractivity contribution < 1.29 is 23.2 Å². The quantitative estimate of drug-likeness (QED) is 0.192. The standard InChI is InChI=1S/C21H21IN4O7S/c1-25(18(20(28)24-30)11-12-26-13-17(22)19(27)23-21(26)29)34(31,32)16-9-7-15(8-10-16)33-14-5-3-2-4-6-14/h2-10,13,18,30H,11-12H2,1H3,(H,24,28)(H,23,27,29). The van der Waals surface area contributed by atoms with Crippen LogP contribution in [-0.4, -0.2) is 46.5 Å². The van der Waals surface area contributed by atoms with Gasteiger partial charge in [0.05, 0.1) is 8.47 Å². The monoisotopic (exact) mass is 600 g/mol. The van der Waals surface area contributed by atoms with E-state index in [1.54, 1.807) is 46.9 Å². The first-order valence-electron chi connectivity index (χ1n) is 9.87. The molecule has 0 aliphatic heterocycles. The maximum absolute atomic E-state index is 13.1. The minimum Gasteiger partial charge on any atom is -0.457 e. The predicted octanol–water partition coefficient (Wildman–Crippen LogP) is 1.52. The lowest BCUT2D eigenvalue weighted by Crippen LogP contribution is -2.47. The second-order valence-corrected chi connectivity index (χ2v) is 10.3. The van der Waals surface area contributed by atoms with Crippen LogP contribution in [-0.2, 0) is 21.4 Å². The molecule has 0 saturated heterocycles. The summed E-state index contributed by atoms with van der Waals surface area (Å²) >= 11 is 1.75. The summed E-state index contributed by atoms with van der Waals surface area (Å²) in [6.07, 6.45) is 1.15. The number of aromatic nitrogens is 2. The number of sulfonamides is 1. The number of carbonyl (C=O) groups excluding carboxylic acids is 1. The van der Waals surface area contributed by atoms with E-state index < -0.39 is 33.2 Å². The molecule has 1 amide bonds. The van der Waals surface area contributed by atoms with E-state index in [0.29, 0.717) is 11.5 Å². The van der Waals surface area contributed by atoms with Crippen LogP contribution in [0.3, 0.4) is 0 Å². The van der Waals surface area contributed by atoms with Crippen molar-refractivity contribution in [2.75, 3.05) is 7.05 Å². The van der Waals surface area contributed by atoms with Gasteiger partial charge in [-0.05, 0) is 65.4 Å². The first-order valence-corrected chi connectivity index (χ1v) is 12.4. The molecule has 3 aromatic rings. The van der Waals surface area contributed by atoms with E-state index >= 15 is 0 Å². The van der Waals surface area contributed by atoms with Crippen molar-refractivity contribution in [2.24, 2.45) is 0 Å². The van der Waals surface area contributed by atoms with Crippen molar-refractivity contribution in [3.63, 3.8) is 0 Å². The summed E-state index contributed by atoms with van der Waals surface area (Å²) in [6.45, 7) is -0.0899. The zero-order chi connectivity index (χ0) is 24.9. The van der Waals surface area contributed by atoms with E-state index in [-0.39, 0.29) is 21.4 Å². The molecule has 0 fully saturated rings. The maximum Gasteiger partial charge on any atom is 0.328 e. The smallest absolute Gasteiger partial charge is 0.328 e. The lowest BCUT2D eigenvalue weighted by molar-refractivity contribution is -0.133. The number of aromatic amines is 1. The number of H-pyrrole nitrogens is 1. The topological polar surface area (TPSA) is 151 Å². The van der Waals surface area contributed by atoms with Crippen LogP contribution in [0.2, 0.25) is 0 Å². The van der Waals surface area contributed by atoms with Crippen LogP contribution < -0.4 is 21.5 Å². The minimum absolute atomic E-state index is 0.0899. The molecule has 0 aliphatic carbocycles. The Balaban J connectivity index is 1.80. The second-order valence-electron chi connectivity index (χ2n) is 7.12. The first-order chi connectivity index (χ1) is 16.1. The molecule has 3 N–H and O–H groups in total. The zero-order valence-corrected chi connectivity index (χ0v) is 20.8. The summed E-state index contributed by atoms with van der Waals surface area (Å²) in [5.41, 5.74) is 0.215. The molecule has 180 valence electrons. The van der Waals surface area contributed by atoms with Gasteiger partial charge < -0.3 is 4.74 Å². The highest BCUT2D eigenvalue weighted by Crippen LogP contribution is 2.25. The number of aryl methyl sites for hydroxylation is 1. The molecule has 1 atom stereocenters. The van der Waals surface area contributed by atoms with Crippen LogP contribution in [0, 0.1) is 3.57 Å². The third-order valence-corrected chi connectivity index (χ3v) is 7.59. The Morgan fingerprint density at radius 1 is 1.15 bits per heavy atom. The molecule has 0 aliphatic rings. The number of ether oxygens (including phenoxy) is 1. The Bertz CT molecular complexity index is 1370. The van der Waals surface area contributed by atoms with Gasteiger partial charge in [-0.25, -0.2) is 18.7 Å². The average molecular weight is 600 g/mol. The van der Waals surface area contributed by atoms with Crippen molar-refractivity contribution in [1.82, 2.24) is 19.3 Å². The third kappa shape index (κ3) is 5.91. The molecule has 34 heavy (non-hydrogen) atoms. The third-order valence-electron chi connectivity index (χ3n) is 4.94. The van der Waals surface area contributed by atoms with Crippen LogP contribution in [0.5, 0.6) is 11.5 Å². The number of hydrogen-bond acceptors (Lipinski definition) is 7. The highest BCUT2D eigenvalue weighted by Gasteiger charge is 2.33. The minimum atomic E-state index is -4.15. The molecule has 1 unspecified atom stereocenters. The van der Waals surface area contributed by atoms with E-state index in [9.17, 15) is 22.8 Å². The van der Waals surface area contributed by atoms with Gasteiger partial charge in [-0.15, -0.1) is 0 Å². The predicted molar refractivity (Wildman–Crippen MR) is 130 cm³/mol. The Labute approximate surface area is 208 Å². The van der Waals surface area contributed by atoms with Gasteiger partial charge in [-0.2, -0.15) is 4.31 Å². The largest absolute Gasteiger partial charge is 0.457 e. The van der Waals surface area contributed by atoms with E-state index in [4.69, 9.17) is 9.94 Å². The van der Waals surface area contributed by atoms with Gasteiger partial charge in [-0.3, -0.25) is 24.3 Å². The van der Waals surface area contributed by atoms with E-state index in [1.807, 2.05) is 6.07 Å². The van der Waals surface area contributed by atoms with Crippen LogP contribution in [0.15, 0.2) is 75.3 Å². The summed E-state index contributed by atoms with van der Waals surface area (Å²) in [7, 11) is -2.96. The Morgan fingerprint density at radius 2 is 1.76 bits per heavy atom. The van der Waals surface area contributed by atoms with E-state index in [2.05, 4.69) is 4.98 Å². The normalized spacial score (nSPS) is 12.4. The molecule has 13 heteroatoms. The number of hydroxylamine groups is 1. The van der Waals surface area contributed by atoms with Gasteiger partial charge in [0, 0.05) is 19.8 Å². The molecule has 0 bridgehead atoms. The fourth-order valence-electron chi connectivity index (χ4n) is 3.10. The van der Waals surface area contributed by atoms with Gasteiger partial charge in [0.25, 0.3) is 11.5 Å². The van der Waals surface area contributed by atoms with Crippen molar-refractivity contribution in [2.45, 2.75) is 23.9 Å². The van der Waals surface area contributed by atoms with Crippen LogP contribution in [0.25, 0.3) is 0 Å². The number of likely N-dealkylation sites (N-methyl/N-ethyl adjacent to an activating group) is 1. The fraction of sp³-hybridized carbons (Fsp3) is 0.190. The summed E-state index contributed by atoms with van der Waals surface area (Å²) < 4.78 is 34.2. The molecule has 1 heterocycles. The molecule has 1 aromatic heterocycles. The Hall–Kier alpha value is -3.01. The van der Waals surface area contributed by atoms with Crippen LogP contribution in [0.1, 0.15) is 6.42 Å². The van der Waals surface area contributed by atoms with Crippen molar-refractivity contribution in [3.8, 4) is 11.5 Å². The highest BCUT2D eigenvalue weighted by atomic mass is 127. The number of hydrogen-bond donors (Lipinski definition) is 3. The van der Waals surface area contributed by atoms with Crippen LogP contribution >= 0.6 is 22.6 Å². The lowest BCUT2D eigenvalue weighted by atomic mass is 10.2. The summed E-state index contributed by atoms with van der Waals surface area (Å²) in [5.74, 6) is 0.0360. The number of halogens is 1. The Morgan fingerprint density at radius 3 is 2.38 bits per heavy atom. The Kier molecular flexibility index (Phi) is 8.24. The zero-order valence-electron chi connectivity index (χ0n) is 17.8. The molecule has 0 saturated carbocycles. The highest BCUT2D eigenvalue weighted by molar-refractivity contribution is 14.1. The molecular formula is C21H21IN4O7S. The van der Waals surface area contributed by atoms with E-state index in [1.165, 1.54) is 43.0 Å². The summed E-state index contributed by atoms with van der Waals surface area (Å²) in [5, 5.41) is 9.14. The first kappa shape index (κ1) is 25.6. The summed E-state index contributed by atoms with van der Waals surface area (Å²) in [6, 6.07) is 13.3. The number of para-hydroxylation sites is 1. The molecular weight excluding hydrogens is 579 g/mol. The molecule has 0 spiro atoms. The number of amides is 1. The lowest BCUT2D eigenvalue weighted by Gasteiger charge is -2.26. The number of nitrogens with zero attached hydrogens (tertiary/aromatic N) is 2. The van der Waals surface area contributed by atoms with Gasteiger partial charge >= 0.3 is 5.69 Å². The SMILES string of the molecule is CN(C(CCn1cc(I)c(=O)[nH]c1=O)C(=O)NO)S(=O)(=O)c1ccc(Oc2ccccc2)cc1. The van der Waals surface area contributed by atoms with Gasteiger partial charge in [-0.1, -0.05) is 18.2 Å². The van der Waals surface area contributed by atoms with Gasteiger partial charge in [0.15, 0.2) is 0 Å². The van der Waals surface area contributed by atoms with Crippen molar-refractivity contribution in [1.29, 1.82) is 0 Å². The number of rotatable bonds is 9. The number of nitrogens with one attached hydrogen (secondary N) is 2. The molecule has 2 aromatic carbocycles. The number of carbonyl (C=O) groups is 1. The fourth-order valence-corrected chi connectivity index (χ4v) is 4.92. The second kappa shape index (κ2) is 10.9. The summed E-state index contributed by atoms with van der Waals surface area (Å²) in [4.78, 5) is 37.9.